The largest absolute Gasteiger partial charge is 0.434 e. The zero-order valence-corrected chi connectivity index (χ0v) is 19.2. The highest BCUT2D eigenvalue weighted by atomic mass is 127. The summed E-state index contributed by atoms with van der Waals surface area (Å²) in [6.45, 7) is 4.06. The second-order valence-electron chi connectivity index (χ2n) is 6.18. The number of hydrogen-bond acceptors (Lipinski definition) is 4. The summed E-state index contributed by atoms with van der Waals surface area (Å²) in [5, 5.41) is 7.53. The Balaban J connectivity index is 0.00000392. The number of nitrogens with zero attached hydrogens (tertiary/aromatic N) is 3. The van der Waals surface area contributed by atoms with Gasteiger partial charge in [-0.3, -0.25) is 0 Å². The van der Waals surface area contributed by atoms with E-state index in [1.54, 1.807) is 0 Å². The van der Waals surface area contributed by atoms with Crippen LogP contribution >= 0.6 is 35.3 Å². The molecule has 0 aliphatic heterocycles. The van der Waals surface area contributed by atoms with E-state index in [0.717, 1.165) is 28.8 Å². The second-order valence-corrected chi connectivity index (χ2v) is 7.12. The van der Waals surface area contributed by atoms with Crippen LogP contribution < -0.4 is 10.6 Å². The smallest absolute Gasteiger partial charge is 0.357 e. The average molecular weight is 527 g/mol. The van der Waals surface area contributed by atoms with E-state index in [-0.39, 0.29) is 30.5 Å². The van der Waals surface area contributed by atoms with E-state index in [2.05, 4.69) is 31.6 Å². The summed E-state index contributed by atoms with van der Waals surface area (Å²) in [5.41, 5.74) is 1.44. The highest BCUT2D eigenvalue weighted by molar-refractivity contribution is 14.0. The van der Waals surface area contributed by atoms with Gasteiger partial charge in [-0.05, 0) is 32.1 Å². The van der Waals surface area contributed by atoms with Crippen LogP contribution in [0.2, 0.25) is 0 Å². The van der Waals surface area contributed by atoms with Crippen molar-refractivity contribution < 1.29 is 13.2 Å². The molecule has 0 radical (unpaired) electrons. The zero-order valence-electron chi connectivity index (χ0n) is 16.0. The van der Waals surface area contributed by atoms with E-state index in [1.807, 2.05) is 39.2 Å². The summed E-state index contributed by atoms with van der Waals surface area (Å²) in [7, 11) is 4.02. The van der Waals surface area contributed by atoms with Crippen molar-refractivity contribution in [1.82, 2.24) is 20.5 Å². The molecule has 0 amide bonds. The number of hydrogen-bond donors (Lipinski definition) is 2. The predicted molar refractivity (Wildman–Crippen MR) is 118 cm³/mol. The lowest BCUT2D eigenvalue weighted by Crippen LogP contribution is -2.36. The van der Waals surface area contributed by atoms with Crippen molar-refractivity contribution in [2.24, 2.45) is 4.99 Å². The molecule has 1 aromatic carbocycles. The minimum atomic E-state index is -4.41. The van der Waals surface area contributed by atoms with Gasteiger partial charge >= 0.3 is 6.18 Å². The van der Waals surface area contributed by atoms with Crippen LogP contribution in [0.25, 0.3) is 0 Å². The van der Waals surface area contributed by atoms with Gasteiger partial charge in [-0.25, -0.2) is 9.98 Å². The average Bonchev–Trinajstić information content (AvgIpc) is 3.07. The Hall–Kier alpha value is -1.40. The highest BCUT2D eigenvalue weighted by Gasteiger charge is 2.33. The molecule has 28 heavy (non-hydrogen) atoms. The lowest BCUT2D eigenvalue weighted by Gasteiger charge is -2.14. The minimum Gasteiger partial charge on any atom is -0.357 e. The normalized spacial score (nSPS) is 12.0. The first-order valence-corrected chi connectivity index (χ1v) is 9.43. The molecule has 2 aromatic rings. The summed E-state index contributed by atoms with van der Waals surface area (Å²) >= 11 is 0.978. The van der Waals surface area contributed by atoms with Crippen LogP contribution in [0, 0.1) is 0 Å². The lowest BCUT2D eigenvalue weighted by molar-refractivity contribution is -0.140. The van der Waals surface area contributed by atoms with E-state index in [4.69, 9.17) is 0 Å². The molecule has 2 N–H and O–H groups in total. The molecule has 0 bridgehead atoms. The predicted octanol–water partition coefficient (Wildman–Crippen LogP) is 4.10. The molecule has 0 saturated heterocycles. The highest BCUT2D eigenvalue weighted by Crippen LogP contribution is 2.29. The number of aromatic nitrogens is 1. The van der Waals surface area contributed by atoms with Crippen LogP contribution in [0.15, 0.2) is 34.6 Å². The number of benzene rings is 1. The van der Waals surface area contributed by atoms with Crippen LogP contribution in [-0.2, 0) is 25.8 Å². The van der Waals surface area contributed by atoms with Crippen molar-refractivity contribution in [3.05, 3.63) is 51.5 Å². The van der Waals surface area contributed by atoms with Gasteiger partial charge in [0.05, 0.1) is 13.1 Å². The van der Waals surface area contributed by atoms with Gasteiger partial charge in [0.1, 0.15) is 5.01 Å². The van der Waals surface area contributed by atoms with Crippen molar-refractivity contribution in [2.75, 3.05) is 20.6 Å². The van der Waals surface area contributed by atoms with E-state index in [9.17, 15) is 13.2 Å². The summed E-state index contributed by atoms with van der Waals surface area (Å²) in [6, 6.07) is 8.07. The minimum absolute atomic E-state index is 0. The SMILES string of the molecule is CCNC(=NCc1ccccc1CN(C)C)NCc1nc(C(F)(F)F)cs1.I. The third-order valence-corrected chi connectivity index (χ3v) is 4.45. The standard InChI is InChI=1S/C18H24F3N5S.HI/c1-4-22-17(24-10-16-25-15(12-27-16)18(19,20)21)23-9-13-7-5-6-8-14(13)11-26(2)3;/h5-8,12H,4,9-11H2,1-3H3,(H2,22,23,24);1H. The maximum Gasteiger partial charge on any atom is 0.434 e. The summed E-state index contributed by atoms with van der Waals surface area (Å²) in [5.74, 6) is 0.543. The molecule has 1 aromatic heterocycles. The molecule has 2 rings (SSSR count). The van der Waals surface area contributed by atoms with Crippen LogP contribution in [0.3, 0.4) is 0 Å². The van der Waals surface area contributed by atoms with Crippen LogP contribution in [-0.4, -0.2) is 36.5 Å². The van der Waals surface area contributed by atoms with E-state index < -0.39 is 11.9 Å². The molecule has 0 atom stereocenters. The van der Waals surface area contributed by atoms with Crippen molar-refractivity contribution in [3.63, 3.8) is 0 Å². The van der Waals surface area contributed by atoms with E-state index >= 15 is 0 Å². The topological polar surface area (TPSA) is 52.6 Å². The summed E-state index contributed by atoms with van der Waals surface area (Å²) in [6.07, 6.45) is -4.41. The van der Waals surface area contributed by atoms with Gasteiger partial charge in [0.15, 0.2) is 11.7 Å². The molecule has 1 heterocycles. The van der Waals surface area contributed by atoms with Gasteiger partial charge in [-0.15, -0.1) is 35.3 Å². The first-order chi connectivity index (χ1) is 12.8. The Morgan fingerprint density at radius 3 is 2.43 bits per heavy atom. The van der Waals surface area contributed by atoms with E-state index in [0.29, 0.717) is 24.1 Å². The quantitative estimate of drug-likeness (QED) is 0.324. The summed E-state index contributed by atoms with van der Waals surface area (Å²) in [4.78, 5) is 10.3. The molecule has 5 nitrogen and oxygen atoms in total. The third-order valence-electron chi connectivity index (χ3n) is 3.61. The van der Waals surface area contributed by atoms with Crippen LogP contribution in [0.5, 0.6) is 0 Å². The number of alkyl halides is 3. The molecule has 0 unspecified atom stereocenters. The van der Waals surface area contributed by atoms with Gasteiger partial charge in [-0.1, -0.05) is 24.3 Å². The van der Waals surface area contributed by atoms with E-state index in [1.165, 1.54) is 5.56 Å². The number of halogens is 4. The van der Waals surface area contributed by atoms with Gasteiger partial charge in [-0.2, -0.15) is 13.2 Å². The van der Waals surface area contributed by atoms with Gasteiger partial charge < -0.3 is 15.5 Å². The number of guanidine groups is 1. The van der Waals surface area contributed by atoms with Gasteiger partial charge in [0.2, 0.25) is 0 Å². The number of thiazole rings is 1. The number of aliphatic imine (C=N–C) groups is 1. The fraction of sp³-hybridized carbons (Fsp3) is 0.444. The van der Waals surface area contributed by atoms with Crippen molar-refractivity contribution >= 4 is 41.3 Å². The van der Waals surface area contributed by atoms with Crippen molar-refractivity contribution in [2.45, 2.75) is 32.7 Å². The Labute approximate surface area is 184 Å². The Morgan fingerprint density at radius 2 is 1.86 bits per heavy atom. The zero-order chi connectivity index (χ0) is 19.9. The molecule has 0 aliphatic carbocycles. The molecule has 0 aliphatic rings. The fourth-order valence-electron chi connectivity index (χ4n) is 2.39. The Morgan fingerprint density at radius 1 is 1.18 bits per heavy atom. The molecule has 0 fully saturated rings. The molecule has 0 spiro atoms. The maximum atomic E-state index is 12.6. The van der Waals surface area contributed by atoms with Gasteiger partial charge in [0, 0.05) is 18.5 Å². The van der Waals surface area contributed by atoms with Crippen LogP contribution in [0.4, 0.5) is 13.2 Å². The van der Waals surface area contributed by atoms with Gasteiger partial charge in [0.25, 0.3) is 0 Å². The van der Waals surface area contributed by atoms with Crippen molar-refractivity contribution in [3.8, 4) is 0 Å². The van der Waals surface area contributed by atoms with Crippen molar-refractivity contribution in [1.29, 1.82) is 0 Å². The monoisotopic (exact) mass is 527 g/mol. The Bertz CT molecular complexity index is 762. The molecular weight excluding hydrogens is 502 g/mol. The molecule has 10 heteroatoms. The Kier molecular flexibility index (Phi) is 10.2. The number of nitrogens with one attached hydrogen (secondary N) is 2. The third kappa shape index (κ3) is 7.92. The number of rotatable bonds is 7. The maximum absolute atomic E-state index is 12.6. The first-order valence-electron chi connectivity index (χ1n) is 8.55. The molecule has 0 saturated carbocycles. The molecular formula is C18H25F3IN5S. The fourth-order valence-corrected chi connectivity index (χ4v) is 3.13. The second kappa shape index (κ2) is 11.6. The molecule has 156 valence electrons. The lowest BCUT2D eigenvalue weighted by atomic mass is 10.1. The van der Waals surface area contributed by atoms with Crippen LogP contribution in [0.1, 0.15) is 28.8 Å². The first kappa shape index (κ1) is 24.6. The summed E-state index contributed by atoms with van der Waals surface area (Å²) < 4.78 is 37.9.